The second-order valence-corrected chi connectivity index (χ2v) is 3.36. The monoisotopic (exact) mass is 189 g/mol. The van der Waals surface area contributed by atoms with E-state index < -0.39 is 6.43 Å². The quantitative estimate of drug-likeness (QED) is 0.584. The van der Waals surface area contributed by atoms with Gasteiger partial charge in [-0.15, -0.1) is 11.8 Å². The Balaban J connectivity index is 2.48. The van der Waals surface area contributed by atoms with Crippen molar-refractivity contribution in [2.24, 2.45) is 0 Å². The van der Waals surface area contributed by atoms with E-state index >= 15 is 0 Å². The summed E-state index contributed by atoms with van der Waals surface area (Å²) in [5.74, 6) is -0.163. The van der Waals surface area contributed by atoms with Crippen molar-refractivity contribution >= 4 is 17.4 Å². The SMILES string of the molecule is Nc1ccc(SCC(F)F)cc1. The molecule has 0 fully saturated rings. The van der Waals surface area contributed by atoms with Gasteiger partial charge in [0.2, 0.25) is 6.43 Å². The Kier molecular flexibility index (Phi) is 3.34. The summed E-state index contributed by atoms with van der Waals surface area (Å²) in [4.78, 5) is 0.824. The highest BCUT2D eigenvalue weighted by Gasteiger charge is 2.02. The Hall–Kier alpha value is -0.770. The van der Waals surface area contributed by atoms with Crippen molar-refractivity contribution in [3.8, 4) is 0 Å². The molecule has 0 aliphatic heterocycles. The lowest BCUT2D eigenvalue weighted by atomic mass is 10.3. The number of alkyl halides is 2. The van der Waals surface area contributed by atoms with E-state index in [1.807, 2.05) is 0 Å². The third-order valence-electron chi connectivity index (χ3n) is 1.26. The highest BCUT2D eigenvalue weighted by atomic mass is 32.2. The first kappa shape index (κ1) is 9.32. The van der Waals surface area contributed by atoms with Gasteiger partial charge in [-0.1, -0.05) is 0 Å². The summed E-state index contributed by atoms with van der Waals surface area (Å²) in [6.45, 7) is 0. The van der Waals surface area contributed by atoms with E-state index in [0.29, 0.717) is 5.69 Å². The van der Waals surface area contributed by atoms with Crippen LogP contribution in [-0.4, -0.2) is 12.2 Å². The number of benzene rings is 1. The third-order valence-corrected chi connectivity index (χ3v) is 2.28. The van der Waals surface area contributed by atoms with Crippen LogP contribution in [0.3, 0.4) is 0 Å². The Labute approximate surface area is 74.0 Å². The molecule has 0 aliphatic carbocycles. The van der Waals surface area contributed by atoms with E-state index in [4.69, 9.17) is 5.73 Å². The van der Waals surface area contributed by atoms with Crippen molar-refractivity contribution in [1.29, 1.82) is 0 Å². The molecule has 0 heterocycles. The Morgan fingerprint density at radius 3 is 2.33 bits per heavy atom. The molecule has 0 aliphatic rings. The predicted octanol–water partition coefficient (Wildman–Crippen LogP) is 2.63. The fraction of sp³-hybridized carbons (Fsp3) is 0.250. The van der Waals surface area contributed by atoms with Gasteiger partial charge < -0.3 is 5.73 Å². The van der Waals surface area contributed by atoms with Crippen LogP contribution in [0, 0.1) is 0 Å². The second-order valence-electron chi connectivity index (χ2n) is 2.27. The van der Waals surface area contributed by atoms with Gasteiger partial charge in [0, 0.05) is 10.6 Å². The lowest BCUT2D eigenvalue weighted by molar-refractivity contribution is 0.177. The number of nitrogen functional groups attached to an aromatic ring is 1. The van der Waals surface area contributed by atoms with Gasteiger partial charge in [-0.3, -0.25) is 0 Å². The average Bonchev–Trinajstić information content (AvgIpc) is 2.03. The van der Waals surface area contributed by atoms with Crippen LogP contribution in [0.5, 0.6) is 0 Å². The van der Waals surface area contributed by atoms with Gasteiger partial charge in [0.25, 0.3) is 0 Å². The summed E-state index contributed by atoms with van der Waals surface area (Å²) >= 11 is 1.13. The highest BCUT2D eigenvalue weighted by molar-refractivity contribution is 7.99. The van der Waals surface area contributed by atoms with Gasteiger partial charge in [0.05, 0.1) is 5.75 Å². The second kappa shape index (κ2) is 4.30. The van der Waals surface area contributed by atoms with Crippen LogP contribution in [-0.2, 0) is 0 Å². The third kappa shape index (κ3) is 3.09. The van der Waals surface area contributed by atoms with Crippen molar-refractivity contribution in [3.63, 3.8) is 0 Å². The average molecular weight is 189 g/mol. The standard InChI is InChI=1S/C8H9F2NS/c9-8(10)5-12-7-3-1-6(11)2-4-7/h1-4,8H,5,11H2. The smallest absolute Gasteiger partial charge is 0.247 e. The zero-order valence-corrected chi connectivity index (χ0v) is 7.15. The molecule has 0 saturated heterocycles. The first-order chi connectivity index (χ1) is 5.68. The summed E-state index contributed by atoms with van der Waals surface area (Å²) in [6, 6.07) is 6.88. The topological polar surface area (TPSA) is 26.0 Å². The van der Waals surface area contributed by atoms with E-state index in [-0.39, 0.29) is 5.75 Å². The molecule has 0 atom stereocenters. The maximum atomic E-state index is 11.8. The number of thioether (sulfide) groups is 1. The van der Waals surface area contributed by atoms with Crippen molar-refractivity contribution < 1.29 is 8.78 Å². The minimum absolute atomic E-state index is 0.163. The summed E-state index contributed by atoms with van der Waals surface area (Å²) in [5, 5.41) is 0. The van der Waals surface area contributed by atoms with Crippen molar-refractivity contribution in [2.75, 3.05) is 11.5 Å². The normalized spacial score (nSPS) is 10.6. The molecular weight excluding hydrogens is 180 g/mol. The molecule has 0 spiro atoms. The molecule has 4 heteroatoms. The van der Waals surface area contributed by atoms with Gasteiger partial charge >= 0.3 is 0 Å². The number of nitrogens with two attached hydrogens (primary N) is 1. The number of anilines is 1. The summed E-state index contributed by atoms with van der Waals surface area (Å²) < 4.78 is 23.5. The Bertz CT molecular complexity index is 235. The number of rotatable bonds is 3. The minimum Gasteiger partial charge on any atom is -0.399 e. The van der Waals surface area contributed by atoms with E-state index in [2.05, 4.69) is 0 Å². The predicted molar refractivity (Wildman–Crippen MR) is 47.6 cm³/mol. The molecule has 1 rings (SSSR count). The number of hydrogen-bond donors (Lipinski definition) is 1. The van der Waals surface area contributed by atoms with Crippen LogP contribution in [0.2, 0.25) is 0 Å². The van der Waals surface area contributed by atoms with Gasteiger partial charge in [-0.2, -0.15) is 0 Å². The molecule has 66 valence electrons. The van der Waals surface area contributed by atoms with E-state index in [1.165, 1.54) is 0 Å². The molecule has 0 amide bonds. The molecule has 0 bridgehead atoms. The molecule has 2 N–H and O–H groups in total. The largest absolute Gasteiger partial charge is 0.399 e. The zero-order valence-electron chi connectivity index (χ0n) is 6.34. The van der Waals surface area contributed by atoms with E-state index in [1.54, 1.807) is 24.3 Å². The maximum Gasteiger partial charge on any atom is 0.247 e. The molecule has 0 saturated carbocycles. The fourth-order valence-corrected chi connectivity index (χ4v) is 1.37. The molecule has 0 radical (unpaired) electrons. The lowest BCUT2D eigenvalue weighted by Gasteiger charge is -2.00. The first-order valence-electron chi connectivity index (χ1n) is 3.45. The van der Waals surface area contributed by atoms with E-state index in [0.717, 1.165) is 16.7 Å². The van der Waals surface area contributed by atoms with Crippen molar-refractivity contribution in [1.82, 2.24) is 0 Å². The van der Waals surface area contributed by atoms with Gasteiger partial charge in [0.1, 0.15) is 0 Å². The Morgan fingerprint density at radius 1 is 1.25 bits per heavy atom. The van der Waals surface area contributed by atoms with Crippen LogP contribution in [0.4, 0.5) is 14.5 Å². The first-order valence-corrected chi connectivity index (χ1v) is 4.43. The fourth-order valence-electron chi connectivity index (χ4n) is 0.723. The molecule has 0 aromatic heterocycles. The van der Waals surface area contributed by atoms with E-state index in [9.17, 15) is 8.78 Å². The molecular formula is C8H9F2NS. The van der Waals surface area contributed by atoms with Gasteiger partial charge in [-0.25, -0.2) is 8.78 Å². The number of hydrogen-bond acceptors (Lipinski definition) is 2. The summed E-state index contributed by atoms with van der Waals surface area (Å²) in [7, 11) is 0. The summed E-state index contributed by atoms with van der Waals surface area (Å²) in [6.07, 6.45) is -2.26. The van der Waals surface area contributed by atoms with Crippen LogP contribution < -0.4 is 5.73 Å². The maximum absolute atomic E-state index is 11.8. The van der Waals surface area contributed by atoms with Crippen LogP contribution in [0.15, 0.2) is 29.2 Å². The molecule has 1 aromatic carbocycles. The van der Waals surface area contributed by atoms with Crippen LogP contribution in [0.1, 0.15) is 0 Å². The van der Waals surface area contributed by atoms with Crippen molar-refractivity contribution in [3.05, 3.63) is 24.3 Å². The summed E-state index contributed by atoms with van der Waals surface area (Å²) in [5.41, 5.74) is 6.07. The van der Waals surface area contributed by atoms with Gasteiger partial charge in [0.15, 0.2) is 0 Å². The van der Waals surface area contributed by atoms with Crippen LogP contribution >= 0.6 is 11.8 Å². The van der Waals surface area contributed by atoms with Crippen LogP contribution in [0.25, 0.3) is 0 Å². The minimum atomic E-state index is -2.26. The highest BCUT2D eigenvalue weighted by Crippen LogP contribution is 2.20. The molecule has 1 aromatic rings. The van der Waals surface area contributed by atoms with Crippen molar-refractivity contribution in [2.45, 2.75) is 11.3 Å². The number of halogens is 2. The Morgan fingerprint density at radius 2 is 1.83 bits per heavy atom. The van der Waals surface area contributed by atoms with Gasteiger partial charge in [-0.05, 0) is 24.3 Å². The molecule has 12 heavy (non-hydrogen) atoms. The zero-order chi connectivity index (χ0) is 8.97. The molecule has 1 nitrogen and oxygen atoms in total. The molecule has 0 unspecified atom stereocenters. The lowest BCUT2D eigenvalue weighted by Crippen LogP contribution is -1.93.